The molecule has 0 N–H and O–H groups in total. The van der Waals surface area contributed by atoms with Crippen molar-refractivity contribution in [3.63, 3.8) is 0 Å². The number of ether oxygens (including phenoxy) is 1. The first kappa shape index (κ1) is 22.5. The molecular formula is C13H3Cl3F6N2O3S. The predicted molar refractivity (Wildman–Crippen MR) is 85.4 cm³/mol. The van der Waals surface area contributed by atoms with Crippen molar-refractivity contribution in [2.45, 2.75) is 16.8 Å². The first-order chi connectivity index (χ1) is 12.6. The summed E-state index contributed by atoms with van der Waals surface area (Å²) in [5.74, 6) is -0.849. The van der Waals surface area contributed by atoms with E-state index in [-0.39, 0.29) is 0 Å². The molecule has 0 aliphatic heterocycles. The van der Waals surface area contributed by atoms with Crippen LogP contribution in [0.3, 0.4) is 0 Å². The molecule has 0 aliphatic rings. The third kappa shape index (κ3) is 4.12. The van der Waals surface area contributed by atoms with Crippen molar-refractivity contribution < 1.29 is 39.5 Å². The summed E-state index contributed by atoms with van der Waals surface area (Å²) in [6, 6.07) is 2.47. The Labute approximate surface area is 167 Å². The molecule has 0 spiro atoms. The maximum Gasteiger partial charge on any atom is 0.573 e. The van der Waals surface area contributed by atoms with Gasteiger partial charge in [-0.05, 0) is 0 Å². The molecular weight excluding hydrogens is 485 g/mol. The lowest BCUT2D eigenvalue weighted by Crippen LogP contribution is -2.23. The molecule has 0 bridgehead atoms. The van der Waals surface area contributed by atoms with E-state index in [1.165, 1.54) is 6.07 Å². The van der Waals surface area contributed by atoms with Gasteiger partial charge < -0.3 is 9.30 Å². The largest absolute Gasteiger partial charge is 0.573 e. The average molecular weight is 488 g/mol. The summed E-state index contributed by atoms with van der Waals surface area (Å²) >= 11 is 17.4. The Hall–Kier alpha value is -1.81. The number of sulfone groups is 1. The van der Waals surface area contributed by atoms with Crippen LogP contribution in [-0.2, 0) is 9.84 Å². The minimum Gasteiger partial charge on any atom is -0.406 e. The first-order valence-corrected chi connectivity index (χ1v) is 9.09. The molecule has 1 aromatic heterocycles. The summed E-state index contributed by atoms with van der Waals surface area (Å²) in [7, 11) is -5.97. The van der Waals surface area contributed by atoms with Crippen molar-refractivity contribution in [1.29, 1.82) is 5.26 Å². The van der Waals surface area contributed by atoms with Gasteiger partial charge in [0.05, 0.1) is 15.7 Å². The van der Waals surface area contributed by atoms with Crippen LogP contribution in [0.25, 0.3) is 5.69 Å². The molecule has 0 radical (unpaired) electrons. The average Bonchev–Trinajstić information content (AvgIpc) is 2.81. The molecule has 0 atom stereocenters. The Bertz CT molecular complexity index is 1060. The summed E-state index contributed by atoms with van der Waals surface area (Å²) in [6.07, 6.45) is -4.75. The minimum atomic E-state index is -5.97. The van der Waals surface area contributed by atoms with Gasteiger partial charge in [-0.1, -0.05) is 34.8 Å². The number of rotatable bonds is 3. The molecule has 0 saturated carbocycles. The van der Waals surface area contributed by atoms with Gasteiger partial charge in [0.15, 0.2) is 0 Å². The molecule has 5 nitrogen and oxygen atoms in total. The van der Waals surface area contributed by atoms with Gasteiger partial charge in [-0.25, -0.2) is 8.42 Å². The Morgan fingerprint density at radius 1 is 1.04 bits per heavy atom. The second kappa shape index (κ2) is 7.22. The molecule has 28 heavy (non-hydrogen) atoms. The van der Waals surface area contributed by atoms with E-state index in [1.54, 1.807) is 0 Å². The monoisotopic (exact) mass is 486 g/mol. The Morgan fingerprint density at radius 2 is 1.54 bits per heavy atom. The topological polar surface area (TPSA) is 72.1 Å². The van der Waals surface area contributed by atoms with Crippen molar-refractivity contribution in [1.82, 2.24) is 4.57 Å². The highest BCUT2D eigenvalue weighted by Gasteiger charge is 2.49. The van der Waals surface area contributed by atoms with Gasteiger partial charge in [0, 0.05) is 18.3 Å². The summed E-state index contributed by atoms with van der Waals surface area (Å²) in [6.45, 7) is 0. The van der Waals surface area contributed by atoms with Crippen LogP contribution in [0.1, 0.15) is 5.56 Å². The quantitative estimate of drug-likeness (QED) is 0.536. The van der Waals surface area contributed by atoms with E-state index >= 15 is 0 Å². The maximum atomic E-state index is 12.8. The SMILES string of the molecule is N#Cc1c(S(=O)(=O)C(F)(F)F)cn(-c2c(Cl)cc(OC(F)(F)F)cc2Cl)c1Cl. The Balaban J connectivity index is 2.73. The fraction of sp³-hybridized carbons (Fsp3) is 0.154. The van der Waals surface area contributed by atoms with E-state index < -0.39 is 58.8 Å². The van der Waals surface area contributed by atoms with Gasteiger partial charge in [0.1, 0.15) is 27.4 Å². The van der Waals surface area contributed by atoms with Crippen molar-refractivity contribution >= 4 is 44.6 Å². The molecule has 152 valence electrons. The molecule has 2 rings (SSSR count). The van der Waals surface area contributed by atoms with E-state index in [2.05, 4.69) is 4.74 Å². The number of aromatic nitrogens is 1. The summed E-state index contributed by atoms with van der Waals surface area (Å²) in [5, 5.41) is 7.04. The molecule has 15 heteroatoms. The second-order valence-electron chi connectivity index (χ2n) is 4.87. The number of halogens is 9. The molecule has 1 aromatic carbocycles. The number of benzene rings is 1. The van der Waals surface area contributed by atoms with Gasteiger partial charge in [-0.2, -0.15) is 18.4 Å². The molecule has 0 saturated heterocycles. The van der Waals surface area contributed by atoms with E-state index in [9.17, 15) is 34.8 Å². The van der Waals surface area contributed by atoms with E-state index in [0.29, 0.717) is 22.9 Å². The van der Waals surface area contributed by atoms with Crippen LogP contribution >= 0.6 is 34.8 Å². The molecule has 0 unspecified atom stereocenters. The fourth-order valence-electron chi connectivity index (χ4n) is 2.02. The molecule has 0 amide bonds. The molecule has 0 aliphatic carbocycles. The van der Waals surface area contributed by atoms with Crippen molar-refractivity contribution in [2.24, 2.45) is 0 Å². The van der Waals surface area contributed by atoms with Crippen LogP contribution in [0.15, 0.2) is 23.2 Å². The number of nitrogens with zero attached hydrogens (tertiary/aromatic N) is 2. The highest BCUT2D eigenvalue weighted by molar-refractivity contribution is 7.92. The number of nitriles is 1. The van der Waals surface area contributed by atoms with Gasteiger partial charge in [-0.3, -0.25) is 0 Å². The smallest absolute Gasteiger partial charge is 0.406 e. The van der Waals surface area contributed by atoms with Gasteiger partial charge in [-0.15, -0.1) is 13.2 Å². The Morgan fingerprint density at radius 3 is 1.93 bits per heavy atom. The zero-order valence-electron chi connectivity index (χ0n) is 12.7. The zero-order chi connectivity index (χ0) is 21.7. The zero-order valence-corrected chi connectivity index (χ0v) is 15.7. The van der Waals surface area contributed by atoms with Crippen LogP contribution in [0, 0.1) is 11.3 Å². The van der Waals surface area contributed by atoms with Crippen LogP contribution in [-0.4, -0.2) is 24.9 Å². The van der Waals surface area contributed by atoms with Crippen LogP contribution in [0.4, 0.5) is 26.3 Å². The molecule has 1 heterocycles. The fourth-order valence-corrected chi connectivity index (χ4v) is 3.91. The van der Waals surface area contributed by atoms with Gasteiger partial charge in [0.25, 0.3) is 9.84 Å². The van der Waals surface area contributed by atoms with Crippen LogP contribution in [0.2, 0.25) is 15.2 Å². The predicted octanol–water partition coefficient (Wildman–Crippen LogP) is 5.50. The summed E-state index contributed by atoms with van der Waals surface area (Å²) in [4.78, 5) is -1.48. The van der Waals surface area contributed by atoms with Gasteiger partial charge in [0.2, 0.25) is 0 Å². The number of alkyl halides is 6. The van der Waals surface area contributed by atoms with E-state index in [4.69, 9.17) is 40.1 Å². The highest BCUT2D eigenvalue weighted by Crippen LogP contribution is 2.41. The lowest BCUT2D eigenvalue weighted by Gasteiger charge is -2.14. The third-order valence-electron chi connectivity index (χ3n) is 3.08. The minimum absolute atomic E-state index is 0.334. The lowest BCUT2D eigenvalue weighted by atomic mass is 10.3. The van der Waals surface area contributed by atoms with E-state index in [0.717, 1.165) is 0 Å². The summed E-state index contributed by atoms with van der Waals surface area (Å²) in [5.41, 5.74) is -7.27. The van der Waals surface area contributed by atoms with Crippen molar-refractivity contribution in [2.75, 3.05) is 0 Å². The number of hydrogen-bond acceptors (Lipinski definition) is 4. The van der Waals surface area contributed by atoms with Crippen LogP contribution in [0.5, 0.6) is 5.75 Å². The Kier molecular flexibility index (Phi) is 5.79. The maximum absolute atomic E-state index is 12.8. The highest BCUT2D eigenvalue weighted by atomic mass is 35.5. The summed E-state index contributed by atoms with van der Waals surface area (Å²) < 4.78 is 103. The van der Waals surface area contributed by atoms with Crippen LogP contribution < -0.4 is 4.74 Å². The second-order valence-corrected chi connectivity index (χ2v) is 7.96. The first-order valence-electron chi connectivity index (χ1n) is 6.47. The molecule has 0 fully saturated rings. The molecule has 2 aromatic rings. The van der Waals surface area contributed by atoms with Crippen molar-refractivity contribution in [3.05, 3.63) is 39.1 Å². The van der Waals surface area contributed by atoms with Gasteiger partial charge >= 0.3 is 11.9 Å². The lowest BCUT2D eigenvalue weighted by molar-refractivity contribution is -0.274. The van der Waals surface area contributed by atoms with E-state index in [1.807, 2.05) is 0 Å². The normalized spacial score (nSPS) is 12.7. The number of hydrogen-bond donors (Lipinski definition) is 0. The van der Waals surface area contributed by atoms with Crippen molar-refractivity contribution in [3.8, 4) is 17.5 Å². The third-order valence-corrected chi connectivity index (χ3v) is 5.53. The standard InChI is InChI=1S/C13H3Cl3F6N2O3S/c14-7-1-5(27-12(17,18)19)2-8(15)10(7)24-4-9(6(3-23)11(24)16)28(25,26)13(20,21)22/h1-2,4H.